The second kappa shape index (κ2) is 7.85. The number of hydrogen-bond donors (Lipinski definition) is 0. The van der Waals surface area contributed by atoms with Gasteiger partial charge in [-0.25, -0.2) is 14.4 Å². The first-order chi connectivity index (χ1) is 13.1. The Morgan fingerprint density at radius 1 is 0.889 bits per heavy atom. The fourth-order valence-electron chi connectivity index (χ4n) is 2.71. The van der Waals surface area contributed by atoms with Crippen LogP contribution >= 0.6 is 35.0 Å². The van der Waals surface area contributed by atoms with Crippen molar-refractivity contribution in [1.29, 1.82) is 0 Å². The molecule has 0 unspecified atom stereocenters. The van der Waals surface area contributed by atoms with Crippen LogP contribution in [0, 0.1) is 5.82 Å². The van der Waals surface area contributed by atoms with E-state index in [1.165, 1.54) is 17.8 Å². The molecule has 0 aliphatic heterocycles. The van der Waals surface area contributed by atoms with Gasteiger partial charge in [-0.2, -0.15) is 0 Å². The van der Waals surface area contributed by atoms with Gasteiger partial charge in [-0.15, -0.1) is 11.8 Å². The molecule has 0 atom stereocenters. The van der Waals surface area contributed by atoms with Crippen LogP contribution in [0.5, 0.6) is 0 Å². The lowest BCUT2D eigenvalue weighted by molar-refractivity contribution is 0.617. The third kappa shape index (κ3) is 3.93. The maximum absolute atomic E-state index is 14.1. The average molecular weight is 415 g/mol. The van der Waals surface area contributed by atoms with E-state index < -0.39 is 0 Å². The lowest BCUT2D eigenvalue weighted by atomic mass is 10.2. The number of nitrogens with zero attached hydrogens (tertiary/aromatic N) is 2. The van der Waals surface area contributed by atoms with Crippen LogP contribution in [0.2, 0.25) is 10.0 Å². The Balaban J connectivity index is 1.79. The summed E-state index contributed by atoms with van der Waals surface area (Å²) in [7, 11) is 0. The Morgan fingerprint density at radius 3 is 2.48 bits per heavy atom. The first-order valence-corrected chi connectivity index (χ1v) is 9.94. The molecule has 0 fully saturated rings. The smallest absolute Gasteiger partial charge is 0.161 e. The third-order valence-corrected chi connectivity index (χ3v) is 5.68. The maximum Gasteiger partial charge on any atom is 0.161 e. The van der Waals surface area contributed by atoms with Crippen LogP contribution < -0.4 is 0 Å². The van der Waals surface area contributed by atoms with E-state index in [-0.39, 0.29) is 5.82 Å². The van der Waals surface area contributed by atoms with Gasteiger partial charge in [0.25, 0.3) is 0 Å². The first kappa shape index (κ1) is 18.2. The standard InChI is InChI=1S/C21H13Cl2FN2S/c22-14-9-10-19-15(11-14)21(26-20(25-19)13-5-2-1-3-6-13)27-12-16-17(23)7-4-8-18(16)24/h1-11H,12H2. The van der Waals surface area contributed by atoms with Crippen molar-refractivity contribution in [3.63, 3.8) is 0 Å². The van der Waals surface area contributed by atoms with Crippen LogP contribution in [0.1, 0.15) is 5.56 Å². The highest BCUT2D eigenvalue weighted by Gasteiger charge is 2.13. The van der Waals surface area contributed by atoms with Gasteiger partial charge in [0.2, 0.25) is 0 Å². The lowest BCUT2D eigenvalue weighted by Gasteiger charge is -2.10. The van der Waals surface area contributed by atoms with Crippen molar-refractivity contribution in [2.75, 3.05) is 0 Å². The summed E-state index contributed by atoms with van der Waals surface area (Å²) in [5.74, 6) is 0.653. The van der Waals surface area contributed by atoms with Crippen molar-refractivity contribution >= 4 is 45.9 Å². The van der Waals surface area contributed by atoms with Crippen LogP contribution in [-0.4, -0.2) is 9.97 Å². The van der Waals surface area contributed by atoms with Gasteiger partial charge < -0.3 is 0 Å². The molecule has 4 aromatic rings. The fourth-order valence-corrected chi connectivity index (χ4v) is 4.24. The van der Waals surface area contributed by atoms with Crippen LogP contribution in [0.25, 0.3) is 22.3 Å². The second-order valence-corrected chi connectivity index (χ2v) is 7.68. The first-order valence-electron chi connectivity index (χ1n) is 8.20. The number of aromatic nitrogens is 2. The van der Waals surface area contributed by atoms with Gasteiger partial charge in [-0.3, -0.25) is 0 Å². The van der Waals surface area contributed by atoms with Crippen LogP contribution in [0.4, 0.5) is 4.39 Å². The van der Waals surface area contributed by atoms with Crippen molar-refractivity contribution in [2.45, 2.75) is 10.8 Å². The minimum Gasteiger partial charge on any atom is -0.228 e. The number of hydrogen-bond acceptors (Lipinski definition) is 3. The summed E-state index contributed by atoms with van der Waals surface area (Å²) < 4.78 is 14.1. The zero-order valence-corrected chi connectivity index (χ0v) is 16.3. The predicted octanol–water partition coefficient (Wildman–Crippen LogP) is 7.04. The lowest BCUT2D eigenvalue weighted by Crippen LogP contribution is -1.95. The Bertz CT molecular complexity index is 1100. The predicted molar refractivity (Wildman–Crippen MR) is 111 cm³/mol. The zero-order valence-electron chi connectivity index (χ0n) is 14.0. The monoisotopic (exact) mass is 414 g/mol. The van der Waals surface area contributed by atoms with E-state index in [0.29, 0.717) is 27.2 Å². The van der Waals surface area contributed by atoms with E-state index in [0.717, 1.165) is 21.5 Å². The van der Waals surface area contributed by atoms with Gasteiger partial charge in [0, 0.05) is 32.3 Å². The molecule has 1 heterocycles. The molecular weight excluding hydrogens is 402 g/mol. The minimum absolute atomic E-state index is 0.324. The number of fused-ring (bicyclic) bond motifs is 1. The van der Waals surface area contributed by atoms with E-state index in [1.807, 2.05) is 42.5 Å². The molecule has 27 heavy (non-hydrogen) atoms. The van der Waals surface area contributed by atoms with Gasteiger partial charge in [0.15, 0.2) is 5.82 Å². The van der Waals surface area contributed by atoms with Crippen molar-refractivity contribution in [2.24, 2.45) is 0 Å². The van der Waals surface area contributed by atoms with Crippen molar-refractivity contribution in [1.82, 2.24) is 9.97 Å². The molecule has 0 saturated carbocycles. The number of rotatable bonds is 4. The Morgan fingerprint density at radius 2 is 1.70 bits per heavy atom. The molecular formula is C21H13Cl2FN2S. The molecule has 0 amide bonds. The molecule has 1 aromatic heterocycles. The molecule has 2 nitrogen and oxygen atoms in total. The SMILES string of the molecule is Fc1cccc(Cl)c1CSc1nc(-c2ccccc2)nc2ccc(Cl)cc12. The van der Waals surface area contributed by atoms with E-state index in [4.69, 9.17) is 28.2 Å². The molecule has 0 saturated heterocycles. The largest absolute Gasteiger partial charge is 0.228 e. The maximum atomic E-state index is 14.1. The van der Waals surface area contributed by atoms with Gasteiger partial charge >= 0.3 is 0 Å². The molecule has 0 aliphatic carbocycles. The Hall–Kier alpha value is -2.14. The van der Waals surface area contributed by atoms with E-state index in [9.17, 15) is 4.39 Å². The molecule has 0 radical (unpaired) electrons. The summed E-state index contributed by atoms with van der Waals surface area (Å²) in [5, 5.41) is 2.58. The molecule has 0 spiro atoms. The highest BCUT2D eigenvalue weighted by atomic mass is 35.5. The topological polar surface area (TPSA) is 25.8 Å². The molecule has 0 N–H and O–H groups in total. The van der Waals surface area contributed by atoms with Crippen LogP contribution in [0.15, 0.2) is 71.8 Å². The van der Waals surface area contributed by atoms with Gasteiger partial charge in [0.1, 0.15) is 10.8 Å². The summed E-state index contributed by atoms with van der Waals surface area (Å²) in [6, 6.07) is 19.9. The highest BCUT2D eigenvalue weighted by molar-refractivity contribution is 7.98. The third-order valence-electron chi connectivity index (χ3n) is 4.07. The highest BCUT2D eigenvalue weighted by Crippen LogP contribution is 2.34. The molecule has 4 rings (SSSR count). The molecule has 0 bridgehead atoms. The number of halogens is 3. The molecule has 6 heteroatoms. The summed E-state index contributed by atoms with van der Waals surface area (Å²) in [6.45, 7) is 0. The van der Waals surface area contributed by atoms with Crippen molar-refractivity contribution < 1.29 is 4.39 Å². The Kier molecular flexibility index (Phi) is 5.30. The zero-order chi connectivity index (χ0) is 18.8. The quantitative estimate of drug-likeness (QED) is 0.264. The molecule has 0 aliphatic rings. The van der Waals surface area contributed by atoms with Gasteiger partial charge in [0.05, 0.1) is 5.52 Å². The van der Waals surface area contributed by atoms with E-state index in [1.54, 1.807) is 18.2 Å². The average Bonchev–Trinajstić information content (AvgIpc) is 2.68. The van der Waals surface area contributed by atoms with Crippen LogP contribution in [0.3, 0.4) is 0 Å². The second-order valence-electron chi connectivity index (χ2n) is 5.87. The normalized spacial score (nSPS) is 11.1. The van der Waals surface area contributed by atoms with Gasteiger partial charge in [-0.1, -0.05) is 59.6 Å². The fraction of sp³-hybridized carbons (Fsp3) is 0.0476. The number of thioether (sulfide) groups is 1. The van der Waals surface area contributed by atoms with E-state index in [2.05, 4.69) is 4.98 Å². The van der Waals surface area contributed by atoms with Crippen molar-refractivity contribution in [3.8, 4) is 11.4 Å². The molecule has 134 valence electrons. The van der Waals surface area contributed by atoms with Gasteiger partial charge in [-0.05, 0) is 30.3 Å². The van der Waals surface area contributed by atoms with Crippen molar-refractivity contribution in [3.05, 3.63) is 88.2 Å². The summed E-state index contributed by atoms with van der Waals surface area (Å²) in [6.07, 6.45) is 0. The van der Waals surface area contributed by atoms with E-state index >= 15 is 0 Å². The summed E-state index contributed by atoms with van der Waals surface area (Å²) in [5.41, 5.74) is 2.16. The summed E-state index contributed by atoms with van der Waals surface area (Å²) in [4.78, 5) is 9.37. The summed E-state index contributed by atoms with van der Waals surface area (Å²) >= 11 is 13.7. The van der Waals surface area contributed by atoms with Crippen LogP contribution in [-0.2, 0) is 5.75 Å². The Labute approximate surface area is 170 Å². The number of benzene rings is 3. The molecule has 3 aromatic carbocycles. The minimum atomic E-state index is -0.324.